The molecule has 2 heterocycles. The summed E-state index contributed by atoms with van der Waals surface area (Å²) >= 11 is 0. The molecule has 1 aliphatic heterocycles. The number of benzene rings is 2. The molecule has 282 valence electrons. The molecule has 2 amide bonds. The number of nitrogens with one attached hydrogen (secondary N) is 2. The fourth-order valence-electron chi connectivity index (χ4n) is 7.41. The van der Waals surface area contributed by atoms with Crippen molar-refractivity contribution in [2.75, 3.05) is 19.0 Å². The summed E-state index contributed by atoms with van der Waals surface area (Å²) in [6, 6.07) is 4.82. The van der Waals surface area contributed by atoms with Crippen LogP contribution in [0, 0.1) is 0 Å². The van der Waals surface area contributed by atoms with Crippen LogP contribution in [-0.4, -0.2) is 103 Å². The zero-order valence-corrected chi connectivity index (χ0v) is 29.5. The van der Waals surface area contributed by atoms with Gasteiger partial charge in [-0.1, -0.05) is 19.1 Å². The number of rotatable bonds is 10. The molecule has 53 heavy (non-hydrogen) atoms. The molecule has 0 radical (unpaired) electrons. The number of anilines is 1. The van der Waals surface area contributed by atoms with Gasteiger partial charge in [-0.3, -0.25) is 24.0 Å². The van der Waals surface area contributed by atoms with E-state index in [1.165, 1.54) is 42.9 Å². The molecule has 16 heteroatoms. The van der Waals surface area contributed by atoms with Crippen LogP contribution in [-0.2, 0) is 32.5 Å². The van der Waals surface area contributed by atoms with Crippen LogP contribution >= 0.6 is 0 Å². The number of Topliss-reactive ketones (excluding diaryl/α,β-unsaturated/α-hetero) is 1. The number of fused-ring (bicyclic) bond motifs is 3. The standard InChI is InChI=1S/C37H41N3O13/c1-5-7-25(43)38-17-10-21(40(3)14-17)36(49)39-20-11-26(52-16(2)31(20)44)53-23-13-37(50,24(42)15-41)12-19-28(23)35(48)30-29(33(19)46)32(45)18-8-6-9-22(51-4)27(18)34(30)47/h6,8-10,14,16,20,23,26,31,41,44,46,48,50H,5,7,11-13,15H2,1-4H3,(H,38,43)(H,39,49)/t16-,20-,23-,26-,31+,37-/m0/s1. The third-order valence-corrected chi connectivity index (χ3v) is 10.1. The fraction of sp³-hybridized carbons (Fsp3) is 0.432. The van der Waals surface area contributed by atoms with E-state index >= 15 is 0 Å². The lowest BCUT2D eigenvalue weighted by Crippen LogP contribution is -2.56. The van der Waals surface area contributed by atoms with Crippen LogP contribution in [0.15, 0.2) is 30.5 Å². The molecule has 1 aromatic heterocycles. The number of aliphatic hydroxyl groups is 3. The highest BCUT2D eigenvalue weighted by Gasteiger charge is 2.50. The van der Waals surface area contributed by atoms with Gasteiger partial charge in [0.15, 0.2) is 17.9 Å². The van der Waals surface area contributed by atoms with Gasteiger partial charge in [0.2, 0.25) is 11.7 Å². The van der Waals surface area contributed by atoms with Gasteiger partial charge in [0.1, 0.15) is 41.3 Å². The molecule has 7 N–H and O–H groups in total. The van der Waals surface area contributed by atoms with Crippen molar-refractivity contribution in [3.05, 3.63) is 69.5 Å². The predicted octanol–water partition coefficient (Wildman–Crippen LogP) is 1.55. The van der Waals surface area contributed by atoms with Crippen LogP contribution < -0.4 is 15.4 Å². The lowest BCUT2D eigenvalue weighted by Gasteiger charge is -2.43. The molecule has 16 nitrogen and oxygen atoms in total. The summed E-state index contributed by atoms with van der Waals surface area (Å²) in [6.45, 7) is 2.31. The number of amides is 2. The first-order valence-electron chi connectivity index (χ1n) is 17.1. The van der Waals surface area contributed by atoms with E-state index in [1.54, 1.807) is 13.2 Å². The number of aromatic hydroxyl groups is 2. The number of hydrogen-bond donors (Lipinski definition) is 7. The molecule has 1 fully saturated rings. The zero-order chi connectivity index (χ0) is 38.5. The Morgan fingerprint density at radius 3 is 2.49 bits per heavy atom. The normalized spacial score (nSPS) is 24.8. The maximum absolute atomic E-state index is 13.9. The third-order valence-electron chi connectivity index (χ3n) is 10.1. The maximum Gasteiger partial charge on any atom is 0.268 e. The summed E-state index contributed by atoms with van der Waals surface area (Å²) in [5.74, 6) is -4.89. The minimum atomic E-state index is -2.35. The summed E-state index contributed by atoms with van der Waals surface area (Å²) < 4.78 is 19.0. The van der Waals surface area contributed by atoms with Crippen molar-refractivity contribution in [1.29, 1.82) is 0 Å². The van der Waals surface area contributed by atoms with E-state index in [0.29, 0.717) is 18.5 Å². The number of ketones is 3. The van der Waals surface area contributed by atoms with E-state index in [4.69, 9.17) is 14.2 Å². The average molecular weight is 736 g/mol. The minimum absolute atomic E-state index is 0.0582. The van der Waals surface area contributed by atoms with E-state index in [-0.39, 0.29) is 46.0 Å². The Labute approximate surface area is 303 Å². The van der Waals surface area contributed by atoms with Gasteiger partial charge in [-0.25, -0.2) is 0 Å². The predicted molar refractivity (Wildman–Crippen MR) is 184 cm³/mol. The molecule has 0 unspecified atom stereocenters. The number of phenols is 2. The van der Waals surface area contributed by atoms with Crippen LogP contribution in [0.4, 0.5) is 5.69 Å². The van der Waals surface area contributed by atoms with Crippen molar-refractivity contribution in [2.24, 2.45) is 7.05 Å². The Balaban J connectivity index is 1.34. The van der Waals surface area contributed by atoms with E-state index in [0.717, 1.165) is 0 Å². The van der Waals surface area contributed by atoms with Gasteiger partial charge in [0.05, 0.1) is 47.7 Å². The summed E-state index contributed by atoms with van der Waals surface area (Å²) in [6.07, 6.45) is -3.79. The topological polar surface area (TPSA) is 243 Å². The molecular formula is C37H41N3O13. The molecule has 0 saturated carbocycles. The molecule has 0 bridgehead atoms. The number of carbonyl (C=O) groups is 5. The average Bonchev–Trinajstić information content (AvgIpc) is 3.49. The van der Waals surface area contributed by atoms with Gasteiger partial charge < -0.3 is 54.9 Å². The van der Waals surface area contributed by atoms with Gasteiger partial charge in [-0.05, 0) is 25.5 Å². The molecule has 2 aromatic carbocycles. The van der Waals surface area contributed by atoms with Gasteiger partial charge in [0.25, 0.3) is 5.91 Å². The second-order valence-electron chi connectivity index (χ2n) is 13.6. The van der Waals surface area contributed by atoms with Gasteiger partial charge in [-0.15, -0.1) is 0 Å². The summed E-state index contributed by atoms with van der Waals surface area (Å²) in [7, 11) is 2.92. The molecule has 3 aromatic rings. The van der Waals surface area contributed by atoms with Crippen LogP contribution in [0.5, 0.6) is 17.2 Å². The summed E-state index contributed by atoms with van der Waals surface area (Å²) in [5, 5.41) is 61.1. The quantitative estimate of drug-likeness (QED) is 0.115. The van der Waals surface area contributed by atoms with Crippen LogP contribution in [0.3, 0.4) is 0 Å². The molecular weight excluding hydrogens is 694 g/mol. The zero-order valence-electron chi connectivity index (χ0n) is 29.5. The first kappa shape index (κ1) is 37.6. The fourth-order valence-corrected chi connectivity index (χ4v) is 7.41. The first-order chi connectivity index (χ1) is 25.1. The number of carbonyl (C=O) groups excluding carboxylic acids is 5. The Morgan fingerprint density at radius 2 is 1.81 bits per heavy atom. The number of methoxy groups -OCH3 is 1. The highest BCUT2D eigenvalue weighted by Crippen LogP contribution is 2.52. The Morgan fingerprint density at radius 1 is 1.09 bits per heavy atom. The SMILES string of the molecule is CCCC(=O)Nc1cc(C(=O)N[C@H]2C[C@H](O[C@H]3C[C@](O)(C(=O)CO)Cc4c(O)c5c(c(O)c43)C(=O)c3c(OC)cccc3C5=O)O[C@@H](C)[C@H]2O)n(C)c1. The maximum atomic E-state index is 13.9. The second kappa shape index (κ2) is 14.4. The number of hydrogen-bond acceptors (Lipinski definition) is 13. The minimum Gasteiger partial charge on any atom is -0.507 e. The number of aryl methyl sites for hydroxylation is 1. The van der Waals surface area contributed by atoms with E-state index in [9.17, 15) is 49.5 Å². The van der Waals surface area contributed by atoms with E-state index in [2.05, 4.69) is 10.6 Å². The number of aromatic nitrogens is 1. The largest absolute Gasteiger partial charge is 0.507 e. The Hall–Kier alpha value is -5.13. The van der Waals surface area contributed by atoms with Crippen molar-refractivity contribution in [3.8, 4) is 17.2 Å². The van der Waals surface area contributed by atoms with Crippen molar-refractivity contribution in [1.82, 2.24) is 9.88 Å². The number of ether oxygens (including phenoxy) is 3. The number of nitrogens with zero attached hydrogens (tertiary/aromatic N) is 1. The highest BCUT2D eigenvalue weighted by molar-refractivity contribution is 6.31. The van der Waals surface area contributed by atoms with Crippen molar-refractivity contribution < 1.29 is 63.7 Å². The van der Waals surface area contributed by atoms with Crippen molar-refractivity contribution in [3.63, 3.8) is 0 Å². The number of phenolic OH excluding ortho intramolecular Hbond substituents is 2. The van der Waals surface area contributed by atoms with Gasteiger partial charge >= 0.3 is 0 Å². The summed E-state index contributed by atoms with van der Waals surface area (Å²) in [5.41, 5.74) is -3.50. The van der Waals surface area contributed by atoms with Crippen LogP contribution in [0.25, 0.3) is 0 Å². The van der Waals surface area contributed by atoms with Crippen LogP contribution in [0.1, 0.15) is 99.1 Å². The Kier molecular flexibility index (Phi) is 10.2. The summed E-state index contributed by atoms with van der Waals surface area (Å²) in [4.78, 5) is 66.1. The molecule has 6 rings (SSSR count). The van der Waals surface area contributed by atoms with E-state index in [1.807, 2.05) is 6.92 Å². The second-order valence-corrected chi connectivity index (χ2v) is 13.6. The van der Waals surface area contributed by atoms with Gasteiger partial charge in [-0.2, -0.15) is 0 Å². The highest BCUT2D eigenvalue weighted by atomic mass is 16.7. The number of aliphatic hydroxyl groups excluding tert-OH is 2. The molecule has 1 saturated heterocycles. The third kappa shape index (κ3) is 6.57. The lowest BCUT2D eigenvalue weighted by molar-refractivity contribution is -0.249. The first-order valence-corrected chi connectivity index (χ1v) is 17.1. The molecule has 6 atom stereocenters. The monoisotopic (exact) mass is 735 g/mol. The van der Waals surface area contributed by atoms with Crippen molar-refractivity contribution in [2.45, 2.75) is 82.2 Å². The van der Waals surface area contributed by atoms with Crippen LogP contribution in [0.2, 0.25) is 0 Å². The smallest absolute Gasteiger partial charge is 0.268 e. The van der Waals surface area contributed by atoms with Gasteiger partial charge in [0, 0.05) is 55.6 Å². The molecule has 0 spiro atoms. The van der Waals surface area contributed by atoms with E-state index < -0.39 is 102 Å². The Bertz CT molecular complexity index is 2020. The lowest BCUT2D eigenvalue weighted by atomic mass is 9.72. The molecule has 3 aliphatic rings. The molecule has 2 aliphatic carbocycles. The van der Waals surface area contributed by atoms with Crippen molar-refractivity contribution >= 4 is 34.9 Å².